The number of benzene rings is 2. The maximum Gasteiger partial charge on any atom is 0.116 e. The lowest BCUT2D eigenvalue weighted by Gasteiger charge is -2.42. The number of hydrogen-bond donors (Lipinski definition) is 1. The van der Waals surface area contributed by atoms with Crippen molar-refractivity contribution >= 4 is 28.5 Å². The van der Waals surface area contributed by atoms with Gasteiger partial charge in [-0.3, -0.25) is 0 Å². The van der Waals surface area contributed by atoms with Crippen LogP contribution in [0.2, 0.25) is 0 Å². The fourth-order valence-corrected chi connectivity index (χ4v) is 4.48. The van der Waals surface area contributed by atoms with Crippen LogP contribution in [0.3, 0.4) is 0 Å². The second-order valence-electron chi connectivity index (χ2n) is 7.06. The van der Waals surface area contributed by atoms with Crippen molar-refractivity contribution in [3.8, 4) is 0 Å². The van der Waals surface area contributed by atoms with Crippen LogP contribution in [0.5, 0.6) is 0 Å². The van der Waals surface area contributed by atoms with Crippen molar-refractivity contribution in [1.29, 1.82) is 0 Å². The molecule has 0 amide bonds. The van der Waals surface area contributed by atoms with E-state index in [1.54, 1.807) is 18.1 Å². The predicted molar refractivity (Wildman–Crippen MR) is 107 cm³/mol. The Labute approximate surface area is 158 Å². The highest BCUT2D eigenvalue weighted by atomic mass is 32.2. The molecule has 2 aliphatic rings. The molecule has 4 nitrogen and oxygen atoms in total. The zero-order valence-electron chi connectivity index (χ0n) is 14.8. The van der Waals surface area contributed by atoms with Crippen LogP contribution in [0.25, 0.3) is 11.0 Å². The van der Waals surface area contributed by atoms with Gasteiger partial charge in [0.1, 0.15) is 12.0 Å². The molecule has 2 heterocycles. The van der Waals surface area contributed by atoms with Gasteiger partial charge >= 0.3 is 0 Å². The van der Waals surface area contributed by atoms with E-state index in [4.69, 9.17) is 4.74 Å². The van der Waals surface area contributed by atoms with Gasteiger partial charge in [0.05, 0.1) is 30.0 Å². The Bertz CT molecular complexity index is 903. The summed E-state index contributed by atoms with van der Waals surface area (Å²) in [4.78, 5) is 10.1. The van der Waals surface area contributed by atoms with Gasteiger partial charge in [0.2, 0.25) is 0 Å². The van der Waals surface area contributed by atoms with E-state index in [9.17, 15) is 0 Å². The van der Waals surface area contributed by atoms with Crippen LogP contribution in [0.4, 0.5) is 5.69 Å². The molecular weight excluding hydrogens is 342 g/mol. The van der Waals surface area contributed by atoms with Gasteiger partial charge in [0.15, 0.2) is 0 Å². The zero-order valence-corrected chi connectivity index (χ0v) is 15.6. The summed E-state index contributed by atoms with van der Waals surface area (Å²) in [5.74, 6) is 0.789. The fraction of sp³-hybridized carbons (Fsp3) is 0.333. The van der Waals surface area contributed by atoms with Gasteiger partial charge in [-0.25, -0.2) is 4.98 Å². The van der Waals surface area contributed by atoms with Gasteiger partial charge in [0, 0.05) is 5.69 Å². The molecular formula is C21H22N3OS. The van der Waals surface area contributed by atoms with E-state index in [1.807, 2.05) is 6.61 Å². The van der Waals surface area contributed by atoms with Gasteiger partial charge < -0.3 is 14.6 Å². The van der Waals surface area contributed by atoms with Crippen molar-refractivity contribution < 1.29 is 4.74 Å². The van der Waals surface area contributed by atoms with Crippen LogP contribution in [-0.2, 0) is 4.74 Å². The highest BCUT2D eigenvalue weighted by Crippen LogP contribution is 2.42. The highest BCUT2D eigenvalue weighted by Gasteiger charge is 2.33. The molecule has 26 heavy (non-hydrogen) atoms. The smallest absolute Gasteiger partial charge is 0.116 e. The Morgan fingerprint density at radius 2 is 1.92 bits per heavy atom. The number of aromatic nitrogens is 2. The van der Waals surface area contributed by atoms with Crippen molar-refractivity contribution in [1.82, 2.24) is 9.97 Å². The van der Waals surface area contributed by atoms with E-state index >= 15 is 0 Å². The molecule has 133 valence electrons. The van der Waals surface area contributed by atoms with Crippen molar-refractivity contribution in [3.05, 3.63) is 66.5 Å². The first kappa shape index (κ1) is 16.2. The number of hydrogen-bond acceptors (Lipinski definition) is 4. The summed E-state index contributed by atoms with van der Waals surface area (Å²) in [5, 5.41) is 0.174. The van der Waals surface area contributed by atoms with Gasteiger partial charge in [-0.2, -0.15) is 0 Å². The summed E-state index contributed by atoms with van der Waals surface area (Å²) in [5.41, 5.74) is 6.03. The lowest BCUT2D eigenvalue weighted by molar-refractivity contribution is 0.142. The zero-order chi connectivity index (χ0) is 17.5. The second-order valence-corrected chi connectivity index (χ2v) is 8.02. The van der Waals surface area contributed by atoms with Crippen molar-refractivity contribution in [3.63, 3.8) is 0 Å². The Kier molecular flexibility index (Phi) is 4.14. The first-order chi connectivity index (χ1) is 12.8. The number of H-pyrrole nitrogens is 1. The number of fused-ring (bicyclic) bond motifs is 1. The Hall–Kier alpha value is -1.98. The quantitative estimate of drug-likeness (QED) is 0.717. The molecule has 2 aromatic carbocycles. The van der Waals surface area contributed by atoms with Gasteiger partial charge in [-0.15, -0.1) is 11.8 Å². The molecule has 2 fully saturated rings. The second kappa shape index (κ2) is 6.63. The van der Waals surface area contributed by atoms with E-state index in [2.05, 4.69) is 63.6 Å². The first-order valence-corrected chi connectivity index (χ1v) is 10.4. The van der Waals surface area contributed by atoms with E-state index < -0.39 is 0 Å². The third-order valence-electron chi connectivity index (χ3n) is 5.39. The summed E-state index contributed by atoms with van der Waals surface area (Å²) in [6, 6.07) is 15.8. The summed E-state index contributed by atoms with van der Waals surface area (Å²) in [6.45, 7) is 2.62. The Balaban J connectivity index is 1.52. The maximum absolute atomic E-state index is 5.84. The number of ether oxygens (including phenoxy) is 1. The summed E-state index contributed by atoms with van der Waals surface area (Å²) >= 11 is 1.79. The maximum atomic E-state index is 5.84. The number of morpholine rings is 1. The number of nitrogens with zero attached hydrogens (tertiary/aromatic N) is 2. The molecule has 2 atom stereocenters. The van der Waals surface area contributed by atoms with E-state index in [1.165, 1.54) is 29.7 Å². The average Bonchev–Trinajstić information content (AvgIpc) is 3.44. The summed E-state index contributed by atoms with van der Waals surface area (Å²) < 4.78 is 5.84. The lowest BCUT2D eigenvalue weighted by Crippen LogP contribution is -2.43. The number of nitrogens with one attached hydrogen (secondary N) is 1. The molecule has 0 spiro atoms. The number of anilines is 1. The van der Waals surface area contributed by atoms with Crippen molar-refractivity contribution in [2.75, 3.05) is 17.8 Å². The monoisotopic (exact) mass is 364 g/mol. The number of thioether (sulfide) groups is 1. The predicted octanol–water partition coefficient (Wildman–Crippen LogP) is 4.87. The topological polar surface area (TPSA) is 41.1 Å². The third-order valence-corrected chi connectivity index (χ3v) is 6.21. The van der Waals surface area contributed by atoms with E-state index in [0.29, 0.717) is 6.61 Å². The normalized spacial score (nSPS) is 23.5. The van der Waals surface area contributed by atoms with Crippen LogP contribution >= 0.6 is 11.8 Å². The molecule has 5 heteroatoms. The molecule has 2 unspecified atom stereocenters. The van der Waals surface area contributed by atoms with Crippen molar-refractivity contribution in [2.24, 2.45) is 0 Å². The molecule has 3 aromatic rings. The fourth-order valence-electron chi connectivity index (χ4n) is 3.79. The first-order valence-electron chi connectivity index (χ1n) is 9.12. The van der Waals surface area contributed by atoms with Crippen LogP contribution in [0.1, 0.15) is 35.9 Å². The minimum atomic E-state index is 0.174. The summed E-state index contributed by atoms with van der Waals surface area (Å²) in [6.07, 6.45) is 6.56. The third kappa shape index (κ3) is 2.89. The number of imidazole rings is 1. The Morgan fingerprint density at radius 1 is 1.12 bits per heavy atom. The van der Waals surface area contributed by atoms with E-state index in [-0.39, 0.29) is 11.4 Å². The van der Waals surface area contributed by atoms with Crippen LogP contribution in [-0.4, -0.2) is 28.2 Å². The van der Waals surface area contributed by atoms with Crippen LogP contribution < -0.4 is 4.90 Å². The molecule has 1 aromatic heterocycles. The molecule has 1 saturated carbocycles. The van der Waals surface area contributed by atoms with Gasteiger partial charge in [-0.05, 0) is 54.3 Å². The summed E-state index contributed by atoms with van der Waals surface area (Å²) in [7, 11) is 0. The average molecular weight is 364 g/mol. The van der Waals surface area contributed by atoms with Gasteiger partial charge in [0.25, 0.3) is 0 Å². The van der Waals surface area contributed by atoms with E-state index in [0.717, 1.165) is 17.0 Å². The highest BCUT2D eigenvalue weighted by molar-refractivity contribution is 7.99. The lowest BCUT2D eigenvalue weighted by atomic mass is 10.0. The Morgan fingerprint density at radius 3 is 2.69 bits per heavy atom. The SMILES string of the molecule is CSC1[CH]OCC(c2ccc(C3CC3)cc2)N1c1ccc2[nH]cnc2c1. The molecule has 1 aliphatic heterocycles. The molecule has 1 N–H and O–H groups in total. The molecule has 0 bridgehead atoms. The molecule has 1 aliphatic carbocycles. The molecule has 5 rings (SSSR count). The minimum Gasteiger partial charge on any atom is -0.370 e. The van der Waals surface area contributed by atoms with Gasteiger partial charge in [-0.1, -0.05) is 24.3 Å². The minimum absolute atomic E-state index is 0.174. The van der Waals surface area contributed by atoms with Crippen molar-refractivity contribution in [2.45, 2.75) is 30.2 Å². The standard InChI is InChI=1S/C21H22N3OS/c1-26-21-12-25-11-20(16-6-4-15(5-7-16)14-2-3-14)24(21)17-8-9-18-19(10-17)23-13-22-18/h4-10,12-14,20-21H,2-3,11H2,1H3,(H,22,23). The van der Waals surface area contributed by atoms with Crippen LogP contribution in [0.15, 0.2) is 48.8 Å². The molecule has 1 radical (unpaired) electrons. The number of aromatic amines is 1. The molecule has 1 saturated heterocycles. The number of rotatable bonds is 4. The largest absolute Gasteiger partial charge is 0.370 e. The van der Waals surface area contributed by atoms with Crippen LogP contribution in [0, 0.1) is 6.61 Å².